The van der Waals surface area contributed by atoms with Gasteiger partial charge in [0.15, 0.2) is 0 Å². The maximum Gasteiger partial charge on any atom is 0.294 e. The number of allylic oxidation sites excluding steroid dienone is 1. The fourth-order valence-corrected chi connectivity index (χ4v) is 0.851. The molecule has 11 heavy (non-hydrogen) atoms. The van der Waals surface area contributed by atoms with Crippen molar-refractivity contribution in [3.63, 3.8) is 0 Å². The molecule has 0 aromatic carbocycles. The average molecular weight is 159 g/mol. The van der Waals surface area contributed by atoms with Gasteiger partial charge < -0.3 is 9.57 Å². The molecular weight excluding hydrogens is 150 g/mol. The summed E-state index contributed by atoms with van der Waals surface area (Å²) in [5.74, 6) is 0. The van der Waals surface area contributed by atoms with Crippen LogP contribution in [-0.2, 0) is 9.57 Å². The minimum Gasteiger partial charge on any atom is -0.496 e. The first-order valence-corrected chi connectivity index (χ1v) is 3.37. The van der Waals surface area contributed by atoms with E-state index in [1.807, 2.05) is 6.08 Å². The van der Waals surface area contributed by atoms with Crippen LogP contribution in [0.2, 0.25) is 0 Å². The Hall–Kier alpha value is -1.26. The molecule has 0 aromatic heterocycles. The Kier molecular flexibility index (Phi) is 2.71. The normalized spacial score (nSPS) is 22.4. The molecule has 0 aromatic rings. The van der Waals surface area contributed by atoms with Crippen molar-refractivity contribution in [2.75, 3.05) is 6.61 Å². The molecule has 0 fully saturated rings. The minimum atomic E-state index is -0.804. The maximum absolute atomic E-state index is 9.75. The van der Waals surface area contributed by atoms with Crippen LogP contribution in [0.1, 0.15) is 12.8 Å². The molecule has 1 unspecified atom stereocenters. The summed E-state index contributed by atoms with van der Waals surface area (Å²) in [5, 5.41) is 8.95. The Balaban J connectivity index is 2.16. The van der Waals surface area contributed by atoms with Gasteiger partial charge in [0.25, 0.3) is 5.09 Å². The number of nitrogens with zero attached hydrogens (tertiary/aromatic N) is 1. The molecule has 1 atom stereocenters. The molecule has 0 spiro atoms. The second-order valence-corrected chi connectivity index (χ2v) is 2.23. The average Bonchev–Trinajstić information content (AvgIpc) is 2.03. The predicted octanol–water partition coefficient (Wildman–Crippen LogP) is 0.887. The van der Waals surface area contributed by atoms with Crippen LogP contribution in [0.25, 0.3) is 0 Å². The Labute approximate surface area is 63.7 Å². The summed E-state index contributed by atoms with van der Waals surface area (Å²) < 4.78 is 5.02. The quantitative estimate of drug-likeness (QED) is 0.453. The van der Waals surface area contributed by atoms with Crippen LogP contribution in [0, 0.1) is 10.1 Å². The van der Waals surface area contributed by atoms with Crippen molar-refractivity contribution < 1.29 is 14.7 Å². The van der Waals surface area contributed by atoms with Crippen LogP contribution in [0.3, 0.4) is 0 Å². The lowest BCUT2D eigenvalue weighted by atomic mass is 10.2. The molecule has 5 heteroatoms. The van der Waals surface area contributed by atoms with Crippen LogP contribution < -0.4 is 0 Å². The van der Waals surface area contributed by atoms with E-state index >= 15 is 0 Å². The Bertz CT molecular complexity index is 168. The summed E-state index contributed by atoms with van der Waals surface area (Å²) in [5.41, 5.74) is 0. The van der Waals surface area contributed by atoms with E-state index in [4.69, 9.17) is 4.74 Å². The highest BCUT2D eigenvalue weighted by molar-refractivity contribution is 4.81. The Morgan fingerprint density at radius 3 is 3.18 bits per heavy atom. The molecule has 0 bridgehead atoms. The molecule has 0 N–H and O–H groups in total. The maximum atomic E-state index is 9.75. The molecule has 5 nitrogen and oxygen atoms in total. The summed E-state index contributed by atoms with van der Waals surface area (Å²) in [6.07, 6.45) is 4.95. The second kappa shape index (κ2) is 3.80. The fraction of sp³-hybridized carbons (Fsp3) is 0.667. The zero-order chi connectivity index (χ0) is 8.10. The molecule has 0 saturated heterocycles. The van der Waals surface area contributed by atoms with E-state index in [1.54, 1.807) is 6.26 Å². The van der Waals surface area contributed by atoms with E-state index in [0.717, 1.165) is 12.8 Å². The topological polar surface area (TPSA) is 61.6 Å². The van der Waals surface area contributed by atoms with Crippen molar-refractivity contribution >= 4 is 0 Å². The van der Waals surface area contributed by atoms with Gasteiger partial charge in [-0.2, -0.15) is 0 Å². The van der Waals surface area contributed by atoms with Crippen LogP contribution >= 0.6 is 0 Å². The highest BCUT2D eigenvalue weighted by atomic mass is 17.0. The third-order valence-electron chi connectivity index (χ3n) is 1.39. The summed E-state index contributed by atoms with van der Waals surface area (Å²) in [7, 11) is 0. The molecule has 1 rings (SSSR count). The molecule has 62 valence electrons. The van der Waals surface area contributed by atoms with Gasteiger partial charge in [-0.1, -0.05) is 0 Å². The van der Waals surface area contributed by atoms with Gasteiger partial charge in [-0.3, -0.25) is 0 Å². The number of rotatable bonds is 3. The van der Waals surface area contributed by atoms with E-state index < -0.39 is 5.09 Å². The first kappa shape index (κ1) is 7.84. The summed E-state index contributed by atoms with van der Waals surface area (Å²) in [6.45, 7) is 0.0251. The number of hydrogen-bond donors (Lipinski definition) is 0. The molecule has 1 heterocycles. The van der Waals surface area contributed by atoms with Crippen LogP contribution in [0.5, 0.6) is 0 Å². The predicted molar refractivity (Wildman–Crippen MR) is 36.2 cm³/mol. The molecule has 0 radical (unpaired) electrons. The van der Waals surface area contributed by atoms with E-state index in [0.29, 0.717) is 0 Å². The van der Waals surface area contributed by atoms with Crippen molar-refractivity contribution in [2.24, 2.45) is 0 Å². The summed E-state index contributed by atoms with van der Waals surface area (Å²) >= 11 is 0. The van der Waals surface area contributed by atoms with Crippen LogP contribution in [-0.4, -0.2) is 17.8 Å². The first-order chi connectivity index (χ1) is 5.29. The molecular formula is C6H9NO4. The largest absolute Gasteiger partial charge is 0.496 e. The Morgan fingerprint density at radius 2 is 2.64 bits per heavy atom. The van der Waals surface area contributed by atoms with E-state index in [-0.39, 0.29) is 12.7 Å². The van der Waals surface area contributed by atoms with E-state index in [9.17, 15) is 10.1 Å². The summed E-state index contributed by atoms with van der Waals surface area (Å²) in [4.78, 5) is 13.9. The lowest BCUT2D eigenvalue weighted by Gasteiger charge is -2.17. The van der Waals surface area contributed by atoms with Gasteiger partial charge in [0.05, 0.1) is 6.26 Å². The molecule has 1 aliphatic rings. The second-order valence-electron chi connectivity index (χ2n) is 2.23. The fourth-order valence-electron chi connectivity index (χ4n) is 0.851. The monoisotopic (exact) mass is 159 g/mol. The van der Waals surface area contributed by atoms with Crippen molar-refractivity contribution in [1.29, 1.82) is 0 Å². The third-order valence-corrected chi connectivity index (χ3v) is 1.39. The van der Waals surface area contributed by atoms with Gasteiger partial charge in [0, 0.05) is 0 Å². The van der Waals surface area contributed by atoms with Gasteiger partial charge in [-0.15, -0.1) is 10.1 Å². The smallest absolute Gasteiger partial charge is 0.294 e. The highest BCUT2D eigenvalue weighted by Crippen LogP contribution is 2.09. The number of hydrogen-bond acceptors (Lipinski definition) is 4. The van der Waals surface area contributed by atoms with Crippen molar-refractivity contribution in [3.8, 4) is 0 Å². The zero-order valence-electron chi connectivity index (χ0n) is 5.93. The lowest BCUT2D eigenvalue weighted by Crippen LogP contribution is -2.21. The molecule has 1 aliphatic heterocycles. The van der Waals surface area contributed by atoms with Gasteiger partial charge in [0.1, 0.15) is 12.7 Å². The zero-order valence-corrected chi connectivity index (χ0v) is 5.93. The molecule has 0 saturated carbocycles. The molecule has 0 aliphatic carbocycles. The van der Waals surface area contributed by atoms with Gasteiger partial charge in [-0.25, -0.2) is 0 Å². The van der Waals surface area contributed by atoms with Crippen LogP contribution in [0.15, 0.2) is 12.3 Å². The van der Waals surface area contributed by atoms with Crippen molar-refractivity contribution in [2.45, 2.75) is 18.9 Å². The van der Waals surface area contributed by atoms with Gasteiger partial charge in [-0.05, 0) is 18.9 Å². The lowest BCUT2D eigenvalue weighted by molar-refractivity contribution is -0.759. The number of ether oxygens (including phenoxy) is 1. The van der Waals surface area contributed by atoms with E-state index in [1.165, 1.54) is 0 Å². The summed E-state index contributed by atoms with van der Waals surface area (Å²) in [6, 6.07) is 0. The first-order valence-electron chi connectivity index (χ1n) is 3.37. The Morgan fingerprint density at radius 1 is 1.82 bits per heavy atom. The van der Waals surface area contributed by atoms with Crippen LogP contribution in [0.4, 0.5) is 0 Å². The van der Waals surface area contributed by atoms with Gasteiger partial charge in [0.2, 0.25) is 0 Å². The van der Waals surface area contributed by atoms with E-state index in [2.05, 4.69) is 4.84 Å². The standard InChI is InChI=1S/C6H9NO4/c8-7(9)11-5-6-3-1-2-4-10-6/h2,4,6H,1,3,5H2. The minimum absolute atomic E-state index is 0.0251. The van der Waals surface area contributed by atoms with Crippen molar-refractivity contribution in [1.82, 2.24) is 0 Å². The SMILES string of the molecule is O=[N+]([O-])OCC1CCC=CO1. The third kappa shape index (κ3) is 2.88. The highest BCUT2D eigenvalue weighted by Gasteiger charge is 2.12. The van der Waals surface area contributed by atoms with Crippen molar-refractivity contribution in [3.05, 3.63) is 22.5 Å². The molecule has 0 amide bonds. The van der Waals surface area contributed by atoms with Gasteiger partial charge >= 0.3 is 0 Å².